The molecule has 2 atom stereocenters. The van der Waals surface area contributed by atoms with Crippen molar-refractivity contribution >= 4 is 6.29 Å². The highest BCUT2D eigenvalue weighted by Gasteiger charge is 2.46. The number of phenols is 1. The topological polar surface area (TPSA) is 101 Å². The summed E-state index contributed by atoms with van der Waals surface area (Å²) in [6, 6.07) is 5.25. The number of nitrogens with zero attached hydrogens (tertiary/aromatic N) is 1. The summed E-state index contributed by atoms with van der Waals surface area (Å²) < 4.78 is 7.26. The maximum absolute atomic E-state index is 10.8. The highest BCUT2D eigenvalue weighted by Crippen LogP contribution is 2.55. The Balaban J connectivity index is 1.97. The van der Waals surface area contributed by atoms with Crippen molar-refractivity contribution in [2.75, 3.05) is 6.61 Å². The fourth-order valence-corrected chi connectivity index (χ4v) is 4.73. The molecule has 0 aliphatic carbocycles. The lowest BCUT2D eigenvalue weighted by Crippen LogP contribution is -2.42. The first-order chi connectivity index (χ1) is 14.7. The van der Waals surface area contributed by atoms with E-state index in [-0.39, 0.29) is 42.4 Å². The van der Waals surface area contributed by atoms with Gasteiger partial charge in [-0.25, -0.2) is 0 Å². The summed E-state index contributed by atoms with van der Waals surface area (Å²) in [5, 5.41) is 31.9. The van der Waals surface area contributed by atoms with E-state index in [0.717, 1.165) is 36.0 Å². The molecular weight excluding hydrogens is 398 g/mol. The van der Waals surface area contributed by atoms with Crippen LogP contribution in [0.5, 0.6) is 23.3 Å². The van der Waals surface area contributed by atoms with Gasteiger partial charge in [0.25, 0.3) is 0 Å². The van der Waals surface area contributed by atoms with E-state index >= 15 is 0 Å². The van der Waals surface area contributed by atoms with Crippen LogP contribution in [0.15, 0.2) is 18.2 Å². The zero-order chi connectivity index (χ0) is 22.8. The second kappa shape index (κ2) is 9.12. The van der Waals surface area contributed by atoms with Crippen molar-refractivity contribution in [1.29, 1.82) is 0 Å². The second-order valence-electron chi connectivity index (χ2n) is 8.82. The number of hydrogen-bond acceptors (Lipinski definition) is 6. The number of aromatic hydroxyl groups is 3. The third-order valence-corrected chi connectivity index (χ3v) is 6.06. The van der Waals surface area contributed by atoms with Gasteiger partial charge < -0.3 is 29.7 Å². The summed E-state index contributed by atoms with van der Waals surface area (Å²) in [6.07, 6.45) is 5.05. The molecule has 1 aliphatic rings. The molecule has 7 heteroatoms. The highest BCUT2D eigenvalue weighted by atomic mass is 16.7. The molecule has 0 spiro atoms. The normalized spacial score (nSPS) is 19.5. The van der Waals surface area contributed by atoms with E-state index in [0.29, 0.717) is 23.2 Å². The highest BCUT2D eigenvalue weighted by molar-refractivity contribution is 5.54. The number of carbonyl (C=O) groups excluding carboxylic acids is 1. The number of ether oxygens (including phenoxy) is 1. The smallest absolute Gasteiger partial charge is 0.233 e. The molecule has 0 fully saturated rings. The van der Waals surface area contributed by atoms with Crippen LogP contribution in [-0.4, -0.2) is 38.5 Å². The Kier molecular flexibility index (Phi) is 6.72. The molecule has 0 saturated carbocycles. The van der Waals surface area contributed by atoms with Crippen LogP contribution in [-0.2, 0) is 11.2 Å². The first-order valence-corrected chi connectivity index (χ1v) is 11.0. The lowest BCUT2D eigenvalue weighted by atomic mass is 9.71. The Bertz CT molecular complexity index is 933. The molecule has 2 aromatic rings. The fourth-order valence-electron chi connectivity index (χ4n) is 4.73. The third kappa shape index (κ3) is 4.45. The number of phenolic OH excluding ortho intramolecular Hbond substituents is 1. The van der Waals surface area contributed by atoms with E-state index in [2.05, 4.69) is 6.92 Å². The molecule has 0 bridgehead atoms. The standard InChI is InChI=1S/C24H33NO6/c1-5-6-7-9-16-12-18(27)21-15(2)22(24(3,4)31-19(21)13-16)17-14-20(28)25(23(17)29)30-11-8-10-26/h10,12-15,22,27-29H,5-9,11H2,1-4H3. The fraction of sp³-hybridized carbons (Fsp3) is 0.542. The number of benzene rings is 1. The Morgan fingerprint density at radius 1 is 1.19 bits per heavy atom. The quantitative estimate of drug-likeness (QED) is 0.401. The predicted octanol–water partition coefficient (Wildman–Crippen LogP) is 4.41. The van der Waals surface area contributed by atoms with Crippen LogP contribution in [0.3, 0.4) is 0 Å². The van der Waals surface area contributed by atoms with E-state index in [4.69, 9.17) is 9.57 Å². The molecule has 1 aliphatic heterocycles. The van der Waals surface area contributed by atoms with Gasteiger partial charge in [-0.15, -0.1) is 4.73 Å². The molecule has 7 nitrogen and oxygen atoms in total. The Morgan fingerprint density at radius 3 is 2.61 bits per heavy atom. The molecule has 0 amide bonds. The van der Waals surface area contributed by atoms with Crippen LogP contribution < -0.4 is 9.57 Å². The minimum absolute atomic E-state index is 0.0310. The average molecular weight is 432 g/mol. The summed E-state index contributed by atoms with van der Waals surface area (Å²) in [7, 11) is 0. The number of carbonyl (C=O) groups is 1. The van der Waals surface area contributed by atoms with Crippen LogP contribution in [0, 0.1) is 0 Å². The minimum Gasteiger partial charge on any atom is -0.508 e. The van der Waals surface area contributed by atoms with Gasteiger partial charge in [0.05, 0.1) is 0 Å². The summed E-state index contributed by atoms with van der Waals surface area (Å²) in [4.78, 5) is 15.9. The number of hydrogen-bond donors (Lipinski definition) is 3. The molecule has 0 radical (unpaired) electrons. The van der Waals surface area contributed by atoms with Crippen LogP contribution >= 0.6 is 0 Å². The monoisotopic (exact) mass is 431 g/mol. The van der Waals surface area contributed by atoms with E-state index in [1.54, 1.807) is 6.07 Å². The maximum atomic E-state index is 10.8. The molecule has 2 unspecified atom stereocenters. The lowest BCUT2D eigenvalue weighted by molar-refractivity contribution is -0.109. The predicted molar refractivity (Wildman–Crippen MR) is 117 cm³/mol. The largest absolute Gasteiger partial charge is 0.508 e. The van der Waals surface area contributed by atoms with Crippen molar-refractivity contribution in [3.63, 3.8) is 0 Å². The number of rotatable bonds is 9. The number of fused-ring (bicyclic) bond motifs is 1. The molecule has 3 rings (SSSR count). The van der Waals surface area contributed by atoms with Gasteiger partial charge >= 0.3 is 0 Å². The van der Waals surface area contributed by atoms with Crippen molar-refractivity contribution in [3.8, 4) is 23.3 Å². The summed E-state index contributed by atoms with van der Waals surface area (Å²) in [5.74, 6) is -0.218. The molecule has 0 saturated heterocycles. The van der Waals surface area contributed by atoms with Gasteiger partial charge in [-0.3, -0.25) is 0 Å². The van der Waals surface area contributed by atoms with Gasteiger partial charge in [0.15, 0.2) is 0 Å². The first kappa shape index (κ1) is 22.8. The Morgan fingerprint density at radius 2 is 1.94 bits per heavy atom. The van der Waals surface area contributed by atoms with E-state index in [1.807, 2.05) is 26.8 Å². The SMILES string of the molecule is CCCCCc1cc(O)c2c(c1)OC(C)(C)C(c1cc(O)n(OCCC=O)c1O)C2C. The molecule has 1 aromatic heterocycles. The van der Waals surface area contributed by atoms with Gasteiger partial charge in [0.1, 0.15) is 30.0 Å². The lowest BCUT2D eigenvalue weighted by Gasteiger charge is -2.44. The third-order valence-electron chi connectivity index (χ3n) is 6.06. The van der Waals surface area contributed by atoms with Crippen molar-refractivity contribution in [1.82, 2.24) is 4.73 Å². The molecule has 31 heavy (non-hydrogen) atoms. The molecule has 3 N–H and O–H groups in total. The zero-order valence-electron chi connectivity index (χ0n) is 18.7. The van der Waals surface area contributed by atoms with Crippen LogP contribution in [0.25, 0.3) is 0 Å². The molecule has 170 valence electrons. The van der Waals surface area contributed by atoms with E-state index in [9.17, 15) is 20.1 Å². The minimum atomic E-state index is -0.722. The average Bonchev–Trinajstić information content (AvgIpc) is 2.95. The molecule has 2 heterocycles. The summed E-state index contributed by atoms with van der Waals surface area (Å²) in [5.41, 5.74) is 1.47. The maximum Gasteiger partial charge on any atom is 0.233 e. The second-order valence-corrected chi connectivity index (χ2v) is 8.82. The van der Waals surface area contributed by atoms with Gasteiger partial charge in [0.2, 0.25) is 11.8 Å². The van der Waals surface area contributed by atoms with E-state index < -0.39 is 5.60 Å². The van der Waals surface area contributed by atoms with Crippen LogP contribution in [0.2, 0.25) is 0 Å². The Hall–Kier alpha value is -2.83. The molecule has 1 aromatic carbocycles. The summed E-state index contributed by atoms with van der Waals surface area (Å²) in [6.45, 7) is 8.03. The van der Waals surface area contributed by atoms with Crippen molar-refractivity contribution < 1.29 is 29.7 Å². The van der Waals surface area contributed by atoms with Crippen LogP contribution in [0.4, 0.5) is 0 Å². The van der Waals surface area contributed by atoms with Gasteiger partial charge in [0, 0.05) is 29.5 Å². The summed E-state index contributed by atoms with van der Waals surface area (Å²) >= 11 is 0. The number of unbranched alkanes of at least 4 members (excludes halogenated alkanes) is 2. The van der Waals surface area contributed by atoms with Gasteiger partial charge in [-0.2, -0.15) is 0 Å². The van der Waals surface area contributed by atoms with Gasteiger partial charge in [-0.05, 0) is 50.3 Å². The van der Waals surface area contributed by atoms with Crippen molar-refractivity contribution in [2.45, 2.75) is 77.2 Å². The first-order valence-electron chi connectivity index (χ1n) is 11.0. The van der Waals surface area contributed by atoms with Crippen molar-refractivity contribution in [2.24, 2.45) is 0 Å². The van der Waals surface area contributed by atoms with Crippen LogP contribution in [0.1, 0.15) is 81.9 Å². The number of aromatic nitrogens is 1. The van der Waals surface area contributed by atoms with E-state index in [1.165, 1.54) is 6.07 Å². The Labute approximate surface area is 183 Å². The number of aldehydes is 1. The zero-order valence-corrected chi connectivity index (χ0v) is 18.7. The number of aryl methyl sites for hydroxylation is 1. The molecular formula is C24H33NO6. The van der Waals surface area contributed by atoms with Crippen molar-refractivity contribution in [3.05, 3.63) is 34.9 Å². The van der Waals surface area contributed by atoms with Gasteiger partial charge in [-0.1, -0.05) is 26.7 Å².